The van der Waals surface area contributed by atoms with E-state index in [9.17, 15) is 15.0 Å². The van der Waals surface area contributed by atoms with Crippen LogP contribution >= 0.6 is 0 Å². The summed E-state index contributed by atoms with van der Waals surface area (Å²) in [6, 6.07) is 5.45. The van der Waals surface area contributed by atoms with Crippen molar-refractivity contribution in [3.05, 3.63) is 29.3 Å². The van der Waals surface area contributed by atoms with Crippen LogP contribution in [0.15, 0.2) is 18.2 Å². The number of carbonyl (C=O) groups is 1. The molecule has 0 saturated heterocycles. The largest absolute Gasteiger partial charge is 0.508 e. The summed E-state index contributed by atoms with van der Waals surface area (Å²) in [5.41, 5.74) is 2.04. The molecule has 0 amide bonds. The van der Waals surface area contributed by atoms with Gasteiger partial charge in [-0.05, 0) is 60.8 Å². The van der Waals surface area contributed by atoms with Gasteiger partial charge in [-0.25, -0.2) is 0 Å². The molecule has 0 heterocycles. The molecule has 0 spiro atoms. The normalized spacial score (nSPS) is 41.3. The van der Waals surface area contributed by atoms with E-state index in [1.165, 1.54) is 0 Å². The first-order valence-corrected chi connectivity index (χ1v) is 8.03. The highest BCUT2D eigenvalue weighted by Crippen LogP contribution is 2.59. The van der Waals surface area contributed by atoms with Gasteiger partial charge in [-0.2, -0.15) is 0 Å². The van der Waals surface area contributed by atoms with Crippen LogP contribution < -0.4 is 0 Å². The van der Waals surface area contributed by atoms with Gasteiger partial charge in [0.05, 0.1) is 6.10 Å². The van der Waals surface area contributed by atoms with Crippen LogP contribution in [0.1, 0.15) is 49.7 Å². The SMILES string of the molecule is C[C@@]12CC(=O)[C@@H]3c4ccc(O)cc4CC[C@@H]3[C@@H]1CC[C@@H]2O. The first kappa shape index (κ1) is 13.3. The van der Waals surface area contributed by atoms with Crippen molar-refractivity contribution in [3.8, 4) is 5.75 Å². The molecule has 0 unspecified atom stereocenters. The number of hydrogen-bond acceptors (Lipinski definition) is 3. The quantitative estimate of drug-likeness (QED) is 0.771. The van der Waals surface area contributed by atoms with Crippen molar-refractivity contribution in [2.45, 2.75) is 51.0 Å². The zero-order valence-electron chi connectivity index (χ0n) is 12.4. The number of carbonyl (C=O) groups excluding carboxylic acids is 1. The summed E-state index contributed by atoms with van der Waals surface area (Å²) in [4.78, 5) is 12.8. The van der Waals surface area contributed by atoms with E-state index >= 15 is 0 Å². The van der Waals surface area contributed by atoms with Crippen molar-refractivity contribution < 1.29 is 15.0 Å². The Kier molecular flexibility index (Phi) is 2.74. The van der Waals surface area contributed by atoms with E-state index in [1.54, 1.807) is 6.07 Å². The molecule has 2 fully saturated rings. The van der Waals surface area contributed by atoms with E-state index < -0.39 is 0 Å². The molecule has 0 aromatic heterocycles. The molecule has 112 valence electrons. The highest BCUT2D eigenvalue weighted by molar-refractivity contribution is 5.88. The molecule has 0 aliphatic heterocycles. The van der Waals surface area contributed by atoms with Gasteiger partial charge in [0, 0.05) is 17.8 Å². The fraction of sp³-hybridized carbons (Fsp3) is 0.611. The summed E-state index contributed by atoms with van der Waals surface area (Å²) >= 11 is 0. The molecule has 1 aromatic rings. The fourth-order valence-electron chi connectivity index (χ4n) is 5.36. The van der Waals surface area contributed by atoms with Crippen molar-refractivity contribution >= 4 is 5.78 Å². The van der Waals surface area contributed by atoms with Gasteiger partial charge >= 0.3 is 0 Å². The number of phenolic OH excluding ortho intramolecular Hbond substituents is 1. The number of rotatable bonds is 0. The van der Waals surface area contributed by atoms with Gasteiger partial charge in [-0.15, -0.1) is 0 Å². The van der Waals surface area contributed by atoms with E-state index in [1.807, 2.05) is 12.1 Å². The number of phenols is 1. The van der Waals surface area contributed by atoms with Gasteiger partial charge in [0.1, 0.15) is 11.5 Å². The third-order valence-corrected chi connectivity index (χ3v) is 6.42. The summed E-state index contributed by atoms with van der Waals surface area (Å²) in [6.45, 7) is 2.11. The van der Waals surface area contributed by atoms with Gasteiger partial charge in [0.2, 0.25) is 0 Å². The maximum absolute atomic E-state index is 12.8. The predicted molar refractivity (Wildman–Crippen MR) is 79.1 cm³/mol. The first-order chi connectivity index (χ1) is 10.0. The van der Waals surface area contributed by atoms with E-state index in [-0.39, 0.29) is 29.0 Å². The fourth-order valence-corrected chi connectivity index (χ4v) is 5.36. The van der Waals surface area contributed by atoms with Crippen molar-refractivity contribution in [1.29, 1.82) is 0 Å². The highest BCUT2D eigenvalue weighted by Gasteiger charge is 2.57. The van der Waals surface area contributed by atoms with Crippen LogP contribution in [-0.2, 0) is 11.2 Å². The van der Waals surface area contributed by atoms with Crippen molar-refractivity contribution in [3.63, 3.8) is 0 Å². The predicted octanol–water partition coefficient (Wildman–Crippen LogP) is 2.79. The maximum Gasteiger partial charge on any atom is 0.141 e. The molecule has 3 heteroatoms. The lowest BCUT2D eigenvalue weighted by Gasteiger charge is -2.49. The zero-order valence-corrected chi connectivity index (χ0v) is 12.4. The molecule has 21 heavy (non-hydrogen) atoms. The molecule has 4 rings (SSSR count). The van der Waals surface area contributed by atoms with Gasteiger partial charge < -0.3 is 10.2 Å². The Morgan fingerprint density at radius 1 is 1.24 bits per heavy atom. The number of aryl methyl sites for hydroxylation is 1. The standard InChI is InChI=1S/C18H22O3/c1-18-9-15(20)17-12-5-3-11(19)8-10(12)2-4-13(17)14(18)6-7-16(18)21/h3,5,8,13-14,16-17,19,21H,2,4,6-7,9H2,1H3/t13-,14+,16+,17-,18-/m1/s1. The second-order valence-corrected chi connectivity index (χ2v) is 7.41. The Balaban J connectivity index is 1.78. The topological polar surface area (TPSA) is 57.5 Å². The molecule has 5 atom stereocenters. The molecule has 2 saturated carbocycles. The average molecular weight is 286 g/mol. The van der Waals surface area contributed by atoms with E-state index in [0.717, 1.165) is 36.8 Å². The molecule has 2 N–H and O–H groups in total. The molecule has 3 aliphatic carbocycles. The number of aliphatic hydroxyl groups is 1. The lowest BCUT2D eigenvalue weighted by atomic mass is 9.55. The van der Waals surface area contributed by atoms with E-state index in [2.05, 4.69) is 6.92 Å². The molecule has 3 nitrogen and oxygen atoms in total. The van der Waals surface area contributed by atoms with Gasteiger partial charge in [0.25, 0.3) is 0 Å². The number of fused-ring (bicyclic) bond motifs is 5. The summed E-state index contributed by atoms with van der Waals surface area (Å²) in [6.07, 6.45) is 3.98. The van der Waals surface area contributed by atoms with Crippen LogP contribution in [0, 0.1) is 17.3 Å². The lowest BCUT2D eigenvalue weighted by molar-refractivity contribution is -0.134. The van der Waals surface area contributed by atoms with Crippen molar-refractivity contribution in [2.24, 2.45) is 17.3 Å². The monoisotopic (exact) mass is 286 g/mol. The Morgan fingerprint density at radius 3 is 2.86 bits per heavy atom. The van der Waals surface area contributed by atoms with Crippen LogP contribution in [0.2, 0.25) is 0 Å². The Bertz CT molecular complexity index is 608. The van der Waals surface area contributed by atoms with Crippen LogP contribution in [0.4, 0.5) is 0 Å². The van der Waals surface area contributed by atoms with Gasteiger partial charge in [-0.1, -0.05) is 13.0 Å². The molecule has 0 radical (unpaired) electrons. The summed E-state index contributed by atoms with van der Waals surface area (Å²) in [5.74, 6) is 1.38. The van der Waals surface area contributed by atoms with Crippen LogP contribution in [0.25, 0.3) is 0 Å². The molecule has 3 aliphatic rings. The number of hydrogen-bond donors (Lipinski definition) is 2. The summed E-state index contributed by atoms with van der Waals surface area (Å²) < 4.78 is 0. The number of Topliss-reactive ketones (excluding diaryl/α,β-unsaturated/α-hetero) is 1. The summed E-state index contributed by atoms with van der Waals surface area (Å²) in [7, 11) is 0. The number of aliphatic hydroxyl groups excluding tert-OH is 1. The Labute approximate surface area is 125 Å². The van der Waals surface area contributed by atoms with Crippen molar-refractivity contribution in [1.82, 2.24) is 0 Å². The van der Waals surface area contributed by atoms with Crippen molar-refractivity contribution in [2.75, 3.05) is 0 Å². The number of ketones is 1. The smallest absolute Gasteiger partial charge is 0.141 e. The number of aromatic hydroxyl groups is 1. The lowest BCUT2D eigenvalue weighted by Crippen LogP contribution is -2.48. The second-order valence-electron chi connectivity index (χ2n) is 7.41. The van der Waals surface area contributed by atoms with Crippen LogP contribution in [-0.4, -0.2) is 22.1 Å². The minimum atomic E-state index is -0.325. The summed E-state index contributed by atoms with van der Waals surface area (Å²) in [5, 5.41) is 20.0. The van der Waals surface area contributed by atoms with Crippen LogP contribution in [0.3, 0.4) is 0 Å². The third-order valence-electron chi connectivity index (χ3n) is 6.42. The van der Waals surface area contributed by atoms with E-state index in [0.29, 0.717) is 18.3 Å². The Hall–Kier alpha value is -1.35. The average Bonchev–Trinajstić information content (AvgIpc) is 2.74. The van der Waals surface area contributed by atoms with Gasteiger partial charge in [0.15, 0.2) is 0 Å². The van der Waals surface area contributed by atoms with E-state index in [4.69, 9.17) is 0 Å². The molecular weight excluding hydrogens is 264 g/mol. The third kappa shape index (κ3) is 1.73. The minimum absolute atomic E-state index is 0.0160. The Morgan fingerprint density at radius 2 is 2.05 bits per heavy atom. The minimum Gasteiger partial charge on any atom is -0.508 e. The second kappa shape index (κ2) is 4.33. The molecule has 0 bridgehead atoms. The number of benzene rings is 1. The molecule has 1 aromatic carbocycles. The molecular formula is C18H22O3. The highest BCUT2D eigenvalue weighted by atomic mass is 16.3. The zero-order chi connectivity index (χ0) is 14.8. The maximum atomic E-state index is 12.8. The first-order valence-electron chi connectivity index (χ1n) is 8.03. The van der Waals surface area contributed by atoms with Crippen LogP contribution in [0.5, 0.6) is 5.75 Å². The van der Waals surface area contributed by atoms with Gasteiger partial charge in [-0.3, -0.25) is 4.79 Å².